The zero-order chi connectivity index (χ0) is 8.39. The Morgan fingerprint density at radius 2 is 1.83 bits per heavy atom. The molecule has 0 bridgehead atoms. The van der Waals surface area contributed by atoms with E-state index in [2.05, 4.69) is 4.98 Å². The molecule has 1 aromatic heterocycles. The smallest absolute Gasteiger partial charge is 0.408 e. The van der Waals surface area contributed by atoms with E-state index in [1.807, 2.05) is 24.3 Å². The Hall–Kier alpha value is -1.77. The second-order valence-corrected chi connectivity index (χ2v) is 2.40. The number of fused-ring (bicyclic) bond motifs is 1. The zero-order valence-corrected chi connectivity index (χ0v) is 6.28. The van der Waals surface area contributed by atoms with Crippen LogP contribution in [0.1, 0.15) is 11.5 Å². The highest BCUT2D eigenvalue weighted by atomic mass is 16.4. The summed E-state index contributed by atoms with van der Waals surface area (Å²) in [7, 11) is 0. The summed E-state index contributed by atoms with van der Waals surface area (Å²) in [6.07, 6.45) is 10.9. The molecule has 3 heteroatoms. The van der Waals surface area contributed by atoms with Crippen molar-refractivity contribution in [3.8, 4) is 0 Å². The number of oxazole rings is 1. The van der Waals surface area contributed by atoms with E-state index in [1.165, 1.54) is 0 Å². The topological polar surface area (TPSA) is 46.0 Å². The van der Waals surface area contributed by atoms with Gasteiger partial charge in [-0.25, -0.2) is 4.79 Å². The van der Waals surface area contributed by atoms with Gasteiger partial charge in [-0.05, 0) is 12.2 Å². The third-order valence-electron chi connectivity index (χ3n) is 1.55. The van der Waals surface area contributed by atoms with E-state index < -0.39 is 5.76 Å². The first-order chi connectivity index (χ1) is 5.86. The molecule has 0 radical (unpaired) electrons. The maximum atomic E-state index is 10.8. The first-order valence-corrected chi connectivity index (χ1v) is 3.61. The maximum Gasteiger partial charge on any atom is 0.417 e. The summed E-state index contributed by atoms with van der Waals surface area (Å²) in [6.45, 7) is 0. The fourth-order valence-corrected chi connectivity index (χ4v) is 1.02. The number of allylic oxidation sites excluding steroid dienone is 4. The van der Waals surface area contributed by atoms with Gasteiger partial charge in [-0.1, -0.05) is 24.3 Å². The minimum Gasteiger partial charge on any atom is -0.408 e. The third kappa shape index (κ3) is 1.16. The molecule has 0 saturated carbocycles. The molecule has 1 aromatic rings. The Morgan fingerprint density at radius 3 is 2.67 bits per heavy atom. The quantitative estimate of drug-likeness (QED) is 0.627. The Balaban J connectivity index is 2.61. The number of aromatic amines is 1. The average molecular weight is 161 g/mol. The van der Waals surface area contributed by atoms with E-state index in [-0.39, 0.29) is 0 Å². The van der Waals surface area contributed by atoms with Crippen LogP contribution < -0.4 is 5.76 Å². The molecule has 0 saturated heterocycles. The SMILES string of the molecule is O=c1[nH]c2c(o1)C=CC=CC=C2. The predicted molar refractivity (Wildman–Crippen MR) is 46.5 cm³/mol. The van der Waals surface area contributed by atoms with Crippen LogP contribution in [0.2, 0.25) is 0 Å². The van der Waals surface area contributed by atoms with Crippen LogP contribution in [-0.4, -0.2) is 4.98 Å². The zero-order valence-electron chi connectivity index (χ0n) is 6.28. The molecule has 0 aliphatic heterocycles. The molecule has 0 aromatic carbocycles. The molecule has 0 atom stereocenters. The lowest BCUT2D eigenvalue weighted by atomic mass is 10.2. The Labute approximate surface area is 68.7 Å². The highest BCUT2D eigenvalue weighted by Crippen LogP contribution is 2.09. The molecule has 0 amide bonds. The second kappa shape index (κ2) is 2.70. The number of hydrogen-bond acceptors (Lipinski definition) is 2. The van der Waals surface area contributed by atoms with Crippen LogP contribution in [-0.2, 0) is 0 Å². The van der Waals surface area contributed by atoms with Gasteiger partial charge in [0.1, 0.15) is 0 Å². The van der Waals surface area contributed by atoms with Crippen molar-refractivity contribution in [1.82, 2.24) is 4.98 Å². The van der Waals surface area contributed by atoms with Crippen molar-refractivity contribution >= 4 is 12.2 Å². The van der Waals surface area contributed by atoms with Crippen LogP contribution in [0.3, 0.4) is 0 Å². The molecule has 1 N–H and O–H groups in total. The monoisotopic (exact) mass is 161 g/mol. The minimum atomic E-state index is -0.420. The van der Waals surface area contributed by atoms with Gasteiger partial charge in [-0.15, -0.1) is 0 Å². The van der Waals surface area contributed by atoms with Crippen molar-refractivity contribution in [1.29, 1.82) is 0 Å². The predicted octanol–water partition coefficient (Wildman–Crippen LogP) is 1.56. The van der Waals surface area contributed by atoms with Gasteiger partial charge in [-0.2, -0.15) is 0 Å². The van der Waals surface area contributed by atoms with E-state index in [9.17, 15) is 4.79 Å². The summed E-state index contributed by atoms with van der Waals surface area (Å²) >= 11 is 0. The normalized spacial score (nSPS) is 14.0. The van der Waals surface area contributed by atoms with E-state index >= 15 is 0 Å². The summed E-state index contributed by atoms with van der Waals surface area (Å²) in [5.41, 5.74) is 0.709. The number of aromatic nitrogens is 1. The van der Waals surface area contributed by atoms with Crippen molar-refractivity contribution in [2.75, 3.05) is 0 Å². The van der Waals surface area contributed by atoms with Gasteiger partial charge in [0.15, 0.2) is 5.76 Å². The minimum absolute atomic E-state index is 0.420. The van der Waals surface area contributed by atoms with Crippen molar-refractivity contribution < 1.29 is 4.42 Å². The number of rotatable bonds is 0. The highest BCUT2D eigenvalue weighted by molar-refractivity contribution is 5.61. The van der Waals surface area contributed by atoms with E-state index in [4.69, 9.17) is 4.42 Å². The largest absolute Gasteiger partial charge is 0.417 e. The van der Waals surface area contributed by atoms with E-state index in [0.717, 1.165) is 0 Å². The summed E-state index contributed by atoms with van der Waals surface area (Å²) in [5, 5.41) is 0. The molecule has 2 rings (SSSR count). The standard InChI is InChI=1S/C9H7NO2/c11-9-10-7-5-3-1-2-4-6-8(7)12-9/h1-6H,(H,10,11). The van der Waals surface area contributed by atoms with Crippen molar-refractivity contribution in [2.24, 2.45) is 0 Å². The fraction of sp³-hybridized carbons (Fsp3) is 0. The van der Waals surface area contributed by atoms with Crippen LogP contribution in [0.15, 0.2) is 33.5 Å². The molecule has 60 valence electrons. The van der Waals surface area contributed by atoms with Gasteiger partial charge >= 0.3 is 5.76 Å². The summed E-state index contributed by atoms with van der Waals surface area (Å²) in [6, 6.07) is 0. The van der Waals surface area contributed by atoms with Gasteiger partial charge in [0, 0.05) is 0 Å². The maximum absolute atomic E-state index is 10.8. The van der Waals surface area contributed by atoms with Gasteiger partial charge in [-0.3, -0.25) is 4.98 Å². The molecule has 0 fully saturated rings. The number of nitrogens with one attached hydrogen (secondary N) is 1. The third-order valence-corrected chi connectivity index (χ3v) is 1.55. The Morgan fingerprint density at radius 1 is 1.08 bits per heavy atom. The van der Waals surface area contributed by atoms with Gasteiger partial charge in [0.2, 0.25) is 0 Å². The van der Waals surface area contributed by atoms with Crippen LogP contribution in [0.4, 0.5) is 0 Å². The Bertz CT molecular complexity index is 381. The fourth-order valence-electron chi connectivity index (χ4n) is 1.02. The number of hydrogen-bond donors (Lipinski definition) is 1. The van der Waals surface area contributed by atoms with Gasteiger partial charge < -0.3 is 4.42 Å². The summed E-state index contributed by atoms with van der Waals surface area (Å²) in [5.74, 6) is 0.150. The van der Waals surface area contributed by atoms with E-state index in [1.54, 1.807) is 12.2 Å². The van der Waals surface area contributed by atoms with Crippen LogP contribution >= 0.6 is 0 Å². The van der Waals surface area contributed by atoms with Crippen molar-refractivity contribution in [3.05, 3.63) is 46.3 Å². The lowest BCUT2D eigenvalue weighted by molar-refractivity contribution is 0.506. The number of H-pyrrole nitrogens is 1. The van der Waals surface area contributed by atoms with Crippen LogP contribution in [0.5, 0.6) is 0 Å². The van der Waals surface area contributed by atoms with Crippen molar-refractivity contribution in [3.63, 3.8) is 0 Å². The first kappa shape index (κ1) is 6.91. The average Bonchev–Trinajstić information content (AvgIpc) is 2.32. The van der Waals surface area contributed by atoms with Crippen LogP contribution in [0, 0.1) is 0 Å². The van der Waals surface area contributed by atoms with E-state index in [0.29, 0.717) is 11.5 Å². The second-order valence-electron chi connectivity index (χ2n) is 2.40. The van der Waals surface area contributed by atoms with Gasteiger partial charge in [0.25, 0.3) is 0 Å². The summed E-state index contributed by atoms with van der Waals surface area (Å²) < 4.78 is 4.86. The molecular weight excluding hydrogens is 154 g/mol. The molecule has 0 unspecified atom stereocenters. The van der Waals surface area contributed by atoms with Gasteiger partial charge in [0.05, 0.1) is 5.69 Å². The summed E-state index contributed by atoms with van der Waals surface area (Å²) in [4.78, 5) is 13.3. The molecule has 1 aliphatic carbocycles. The lowest BCUT2D eigenvalue weighted by Gasteiger charge is -1.88. The van der Waals surface area contributed by atoms with Crippen LogP contribution in [0.25, 0.3) is 12.2 Å². The lowest BCUT2D eigenvalue weighted by Crippen LogP contribution is -1.94. The molecular formula is C9H7NO2. The molecule has 1 heterocycles. The molecule has 1 aliphatic rings. The first-order valence-electron chi connectivity index (χ1n) is 3.61. The van der Waals surface area contributed by atoms with Crippen molar-refractivity contribution in [2.45, 2.75) is 0 Å². The molecule has 12 heavy (non-hydrogen) atoms. The molecule has 3 nitrogen and oxygen atoms in total. The Kier molecular flexibility index (Phi) is 1.55. The molecule has 0 spiro atoms. The highest BCUT2D eigenvalue weighted by Gasteiger charge is 2.02.